The van der Waals surface area contributed by atoms with Crippen molar-refractivity contribution in [2.24, 2.45) is 0 Å². The van der Waals surface area contributed by atoms with Crippen LogP contribution in [0.3, 0.4) is 0 Å². The van der Waals surface area contributed by atoms with Gasteiger partial charge in [0.25, 0.3) is 5.91 Å². The Morgan fingerprint density at radius 1 is 1.42 bits per heavy atom. The number of benzene rings is 1. The molecule has 0 spiro atoms. The van der Waals surface area contributed by atoms with Gasteiger partial charge in [0.1, 0.15) is 0 Å². The predicted octanol–water partition coefficient (Wildman–Crippen LogP) is 2.40. The summed E-state index contributed by atoms with van der Waals surface area (Å²) >= 11 is 0. The number of aryl methyl sites for hydroxylation is 1. The van der Waals surface area contributed by atoms with Gasteiger partial charge in [-0.3, -0.25) is 4.79 Å². The first-order valence-corrected chi connectivity index (χ1v) is 6.15. The van der Waals surface area contributed by atoms with Gasteiger partial charge in [-0.15, -0.1) is 6.58 Å². The van der Waals surface area contributed by atoms with Crippen molar-refractivity contribution in [3.05, 3.63) is 59.9 Å². The second kappa shape index (κ2) is 5.52. The van der Waals surface area contributed by atoms with Crippen LogP contribution in [0, 0.1) is 13.8 Å². The van der Waals surface area contributed by atoms with Crippen LogP contribution in [-0.2, 0) is 0 Å². The van der Waals surface area contributed by atoms with Gasteiger partial charge in [-0.25, -0.2) is 4.68 Å². The number of amides is 1. The fraction of sp³-hybridized carbons (Fsp3) is 0.200. The van der Waals surface area contributed by atoms with Gasteiger partial charge in [-0.2, -0.15) is 5.10 Å². The molecule has 0 saturated carbocycles. The van der Waals surface area contributed by atoms with Crippen molar-refractivity contribution in [1.29, 1.82) is 0 Å². The van der Waals surface area contributed by atoms with Crippen molar-refractivity contribution >= 4 is 5.91 Å². The predicted molar refractivity (Wildman–Crippen MR) is 75.6 cm³/mol. The van der Waals surface area contributed by atoms with Gasteiger partial charge < -0.3 is 5.32 Å². The van der Waals surface area contributed by atoms with E-state index in [1.165, 1.54) is 0 Å². The molecule has 2 rings (SSSR count). The zero-order chi connectivity index (χ0) is 13.8. The van der Waals surface area contributed by atoms with E-state index in [1.54, 1.807) is 17.0 Å². The van der Waals surface area contributed by atoms with Crippen LogP contribution in [0.2, 0.25) is 0 Å². The van der Waals surface area contributed by atoms with Gasteiger partial charge in [0, 0.05) is 6.54 Å². The van der Waals surface area contributed by atoms with E-state index in [9.17, 15) is 4.79 Å². The van der Waals surface area contributed by atoms with E-state index in [1.807, 2.05) is 38.1 Å². The van der Waals surface area contributed by atoms with Gasteiger partial charge in [0.15, 0.2) is 0 Å². The molecule has 0 saturated heterocycles. The van der Waals surface area contributed by atoms with Crippen LogP contribution in [-0.4, -0.2) is 22.2 Å². The summed E-state index contributed by atoms with van der Waals surface area (Å²) in [6.45, 7) is 7.94. The summed E-state index contributed by atoms with van der Waals surface area (Å²) in [5.41, 5.74) is 3.52. The summed E-state index contributed by atoms with van der Waals surface area (Å²) in [5.74, 6) is -0.128. The highest BCUT2D eigenvalue weighted by atomic mass is 16.1. The van der Waals surface area contributed by atoms with Crippen LogP contribution in [0.5, 0.6) is 0 Å². The number of rotatable bonds is 4. The van der Waals surface area contributed by atoms with Gasteiger partial charge >= 0.3 is 0 Å². The normalized spacial score (nSPS) is 10.2. The lowest BCUT2D eigenvalue weighted by molar-refractivity contribution is 0.0957. The first-order chi connectivity index (χ1) is 9.15. The third-order valence-electron chi connectivity index (χ3n) is 3.01. The highest BCUT2D eigenvalue weighted by Crippen LogP contribution is 2.17. The number of aromatic nitrogens is 2. The van der Waals surface area contributed by atoms with E-state index in [-0.39, 0.29) is 5.91 Å². The summed E-state index contributed by atoms with van der Waals surface area (Å²) in [4.78, 5) is 11.9. The highest BCUT2D eigenvalue weighted by Gasteiger charge is 2.14. The van der Waals surface area contributed by atoms with Crippen molar-refractivity contribution in [2.45, 2.75) is 13.8 Å². The van der Waals surface area contributed by atoms with Gasteiger partial charge in [0.2, 0.25) is 0 Å². The number of nitrogens with zero attached hydrogens (tertiary/aromatic N) is 2. The van der Waals surface area contributed by atoms with E-state index in [4.69, 9.17) is 0 Å². The largest absolute Gasteiger partial charge is 0.348 e. The summed E-state index contributed by atoms with van der Waals surface area (Å²) < 4.78 is 1.79. The van der Waals surface area contributed by atoms with Gasteiger partial charge in [-0.1, -0.05) is 24.3 Å². The van der Waals surface area contributed by atoms with Gasteiger partial charge in [-0.05, 0) is 25.5 Å². The third kappa shape index (κ3) is 2.57. The standard InChI is InChI=1S/C15H17N3O/c1-4-9-16-15(19)13-10-17-18(12(13)3)14-8-6-5-7-11(14)2/h4-8,10H,1,9H2,2-3H3,(H,16,19). The Morgan fingerprint density at radius 2 is 2.16 bits per heavy atom. The molecule has 4 nitrogen and oxygen atoms in total. The van der Waals surface area contributed by atoms with Crippen LogP contribution in [0.25, 0.3) is 5.69 Å². The zero-order valence-corrected chi connectivity index (χ0v) is 11.2. The summed E-state index contributed by atoms with van der Waals surface area (Å²) in [6.07, 6.45) is 3.25. The smallest absolute Gasteiger partial charge is 0.255 e. The third-order valence-corrected chi connectivity index (χ3v) is 3.01. The molecule has 1 aromatic carbocycles. The molecule has 19 heavy (non-hydrogen) atoms. The lowest BCUT2D eigenvalue weighted by atomic mass is 10.2. The zero-order valence-electron chi connectivity index (χ0n) is 11.2. The Balaban J connectivity index is 2.36. The van der Waals surface area contributed by atoms with Crippen LogP contribution in [0.15, 0.2) is 43.1 Å². The Kier molecular flexibility index (Phi) is 3.80. The molecule has 1 aromatic heterocycles. The van der Waals surface area contributed by atoms with E-state index in [0.717, 1.165) is 16.9 Å². The maximum atomic E-state index is 11.9. The maximum absolute atomic E-state index is 11.9. The minimum Gasteiger partial charge on any atom is -0.348 e. The van der Waals surface area contributed by atoms with Crippen molar-refractivity contribution < 1.29 is 4.79 Å². The molecular formula is C15H17N3O. The average molecular weight is 255 g/mol. The van der Waals surface area contributed by atoms with Crippen molar-refractivity contribution in [3.63, 3.8) is 0 Å². The number of hydrogen-bond donors (Lipinski definition) is 1. The molecule has 0 fully saturated rings. The van der Waals surface area contributed by atoms with Crippen molar-refractivity contribution in [1.82, 2.24) is 15.1 Å². The number of nitrogens with one attached hydrogen (secondary N) is 1. The SMILES string of the molecule is C=CCNC(=O)c1cnn(-c2ccccc2C)c1C. The topological polar surface area (TPSA) is 46.9 Å². The lowest BCUT2D eigenvalue weighted by Gasteiger charge is -2.08. The first-order valence-electron chi connectivity index (χ1n) is 6.15. The molecule has 0 aliphatic carbocycles. The molecule has 4 heteroatoms. The molecule has 0 bridgehead atoms. The Labute approximate surface area is 112 Å². The molecule has 0 radical (unpaired) electrons. The average Bonchev–Trinajstić information content (AvgIpc) is 2.78. The van der Waals surface area contributed by atoms with Crippen LogP contribution in [0.4, 0.5) is 0 Å². The van der Waals surface area contributed by atoms with Crippen molar-refractivity contribution in [3.8, 4) is 5.69 Å². The Morgan fingerprint density at radius 3 is 2.84 bits per heavy atom. The molecule has 0 unspecified atom stereocenters. The Bertz CT molecular complexity index is 614. The quantitative estimate of drug-likeness (QED) is 0.853. The molecule has 1 heterocycles. The number of carbonyl (C=O) groups is 1. The molecule has 0 aliphatic rings. The monoisotopic (exact) mass is 255 g/mol. The maximum Gasteiger partial charge on any atom is 0.255 e. The summed E-state index contributed by atoms with van der Waals surface area (Å²) in [6, 6.07) is 7.95. The van der Waals surface area contributed by atoms with E-state index >= 15 is 0 Å². The van der Waals surface area contributed by atoms with Crippen molar-refractivity contribution in [2.75, 3.05) is 6.54 Å². The number of carbonyl (C=O) groups excluding carboxylic acids is 1. The van der Waals surface area contributed by atoms with E-state index in [0.29, 0.717) is 12.1 Å². The minimum absolute atomic E-state index is 0.128. The molecule has 0 aliphatic heterocycles. The number of hydrogen-bond acceptors (Lipinski definition) is 2. The molecular weight excluding hydrogens is 238 g/mol. The van der Waals surface area contributed by atoms with Crippen LogP contribution in [0.1, 0.15) is 21.6 Å². The second-order valence-corrected chi connectivity index (χ2v) is 4.34. The van der Waals surface area contributed by atoms with Crippen LogP contribution < -0.4 is 5.32 Å². The van der Waals surface area contributed by atoms with Gasteiger partial charge in [0.05, 0.1) is 23.1 Å². The van der Waals surface area contributed by atoms with E-state index < -0.39 is 0 Å². The fourth-order valence-corrected chi connectivity index (χ4v) is 1.94. The first kappa shape index (κ1) is 13.1. The highest BCUT2D eigenvalue weighted by molar-refractivity contribution is 5.95. The molecule has 98 valence electrons. The van der Waals surface area contributed by atoms with Crippen LogP contribution >= 0.6 is 0 Å². The fourth-order valence-electron chi connectivity index (χ4n) is 1.94. The molecule has 1 amide bonds. The molecule has 2 aromatic rings. The second-order valence-electron chi connectivity index (χ2n) is 4.34. The molecule has 1 N–H and O–H groups in total. The minimum atomic E-state index is -0.128. The molecule has 0 atom stereocenters. The Hall–Kier alpha value is -2.36. The number of para-hydroxylation sites is 1. The summed E-state index contributed by atoms with van der Waals surface area (Å²) in [7, 11) is 0. The lowest BCUT2D eigenvalue weighted by Crippen LogP contribution is -2.23. The van der Waals surface area contributed by atoms with E-state index in [2.05, 4.69) is 17.0 Å². The summed E-state index contributed by atoms with van der Waals surface area (Å²) in [5, 5.41) is 7.06.